The smallest absolute Gasteiger partial charge is 0.319 e. The number of urea groups is 1. The fourth-order valence-electron chi connectivity index (χ4n) is 3.63. The van der Waals surface area contributed by atoms with Crippen LogP contribution in [0.1, 0.15) is 5.56 Å². The number of rotatable bonds is 3. The summed E-state index contributed by atoms with van der Waals surface area (Å²) in [5, 5.41) is 0. The molecule has 2 saturated heterocycles. The van der Waals surface area contributed by atoms with Crippen molar-refractivity contribution in [3.63, 3.8) is 0 Å². The van der Waals surface area contributed by atoms with Gasteiger partial charge in [0.25, 0.3) is 0 Å². The Morgan fingerprint density at radius 1 is 1.16 bits per heavy atom. The van der Waals surface area contributed by atoms with Crippen LogP contribution in [0, 0.1) is 0 Å². The first-order valence-electron chi connectivity index (χ1n) is 8.51. The van der Waals surface area contributed by atoms with Gasteiger partial charge in [0.15, 0.2) is 9.84 Å². The largest absolute Gasteiger partial charge is 0.331 e. The van der Waals surface area contributed by atoms with Crippen LogP contribution in [0.2, 0.25) is 0 Å². The first-order valence-corrected chi connectivity index (χ1v) is 10.3. The van der Waals surface area contributed by atoms with E-state index in [1.807, 2.05) is 30.3 Å². The van der Waals surface area contributed by atoms with E-state index in [-0.39, 0.29) is 29.6 Å². The molecule has 0 spiro atoms. The standard InChI is InChI=1S/C18H25N3O3S/c1-19(2)18(22)21-12-11-20(16-13-25(23,24)14-17(16)21)10-6-9-15-7-4-3-5-8-15/h3-9,16-17H,10-14H2,1-2H3/b9-6+/t16-,17+/m0/s1. The molecular weight excluding hydrogens is 338 g/mol. The Balaban J connectivity index is 1.72. The molecule has 3 rings (SSSR count). The van der Waals surface area contributed by atoms with Gasteiger partial charge in [-0.1, -0.05) is 42.5 Å². The molecule has 2 atom stereocenters. The molecule has 0 unspecified atom stereocenters. The normalized spacial score (nSPS) is 25.9. The van der Waals surface area contributed by atoms with Gasteiger partial charge in [0, 0.05) is 39.8 Å². The minimum Gasteiger partial charge on any atom is -0.331 e. The van der Waals surface area contributed by atoms with Crippen LogP contribution in [-0.2, 0) is 9.84 Å². The average Bonchev–Trinajstić information content (AvgIpc) is 2.90. The van der Waals surface area contributed by atoms with E-state index in [1.54, 1.807) is 19.0 Å². The quantitative estimate of drug-likeness (QED) is 0.809. The summed E-state index contributed by atoms with van der Waals surface area (Å²) in [7, 11) is 0.299. The summed E-state index contributed by atoms with van der Waals surface area (Å²) in [6, 6.07) is 9.55. The minimum atomic E-state index is -3.11. The number of benzene rings is 1. The van der Waals surface area contributed by atoms with Crippen LogP contribution in [0.3, 0.4) is 0 Å². The predicted molar refractivity (Wildman–Crippen MR) is 99.1 cm³/mol. The van der Waals surface area contributed by atoms with Crippen molar-refractivity contribution in [3.8, 4) is 0 Å². The van der Waals surface area contributed by atoms with Gasteiger partial charge in [0.05, 0.1) is 17.5 Å². The first kappa shape index (κ1) is 17.9. The highest BCUT2D eigenvalue weighted by Gasteiger charge is 2.47. The highest BCUT2D eigenvalue weighted by molar-refractivity contribution is 7.91. The molecule has 1 aromatic carbocycles. The molecule has 136 valence electrons. The van der Waals surface area contributed by atoms with Gasteiger partial charge in [0.2, 0.25) is 0 Å². The second-order valence-corrected chi connectivity index (χ2v) is 9.04. The Labute approximate surface area is 149 Å². The maximum Gasteiger partial charge on any atom is 0.319 e. The molecule has 2 aliphatic rings. The number of nitrogens with zero attached hydrogens (tertiary/aromatic N) is 3. The van der Waals surface area contributed by atoms with Crippen LogP contribution in [-0.4, -0.2) is 86.5 Å². The molecule has 0 aliphatic carbocycles. The van der Waals surface area contributed by atoms with Crippen molar-refractivity contribution >= 4 is 21.9 Å². The number of sulfone groups is 1. The van der Waals surface area contributed by atoms with E-state index >= 15 is 0 Å². The third kappa shape index (κ3) is 4.04. The molecule has 6 nitrogen and oxygen atoms in total. The third-order valence-corrected chi connectivity index (χ3v) is 6.57. The number of hydrogen-bond acceptors (Lipinski definition) is 4. The van der Waals surface area contributed by atoms with Crippen molar-refractivity contribution in [2.24, 2.45) is 0 Å². The first-order chi connectivity index (χ1) is 11.9. The van der Waals surface area contributed by atoms with Crippen molar-refractivity contribution in [3.05, 3.63) is 42.0 Å². The summed E-state index contributed by atoms with van der Waals surface area (Å²) in [6.07, 6.45) is 4.12. The highest BCUT2D eigenvalue weighted by Crippen LogP contribution is 2.27. The second-order valence-electron chi connectivity index (χ2n) is 6.89. The van der Waals surface area contributed by atoms with Gasteiger partial charge < -0.3 is 9.80 Å². The van der Waals surface area contributed by atoms with Crippen LogP contribution in [0.4, 0.5) is 4.79 Å². The van der Waals surface area contributed by atoms with Gasteiger partial charge in [0.1, 0.15) is 0 Å². The Kier molecular flexibility index (Phi) is 5.15. The van der Waals surface area contributed by atoms with E-state index in [0.717, 1.165) is 5.56 Å². The zero-order valence-electron chi connectivity index (χ0n) is 14.7. The van der Waals surface area contributed by atoms with Crippen molar-refractivity contribution in [2.45, 2.75) is 12.1 Å². The zero-order valence-corrected chi connectivity index (χ0v) is 15.5. The lowest BCUT2D eigenvalue weighted by Gasteiger charge is -2.44. The Morgan fingerprint density at radius 3 is 2.52 bits per heavy atom. The maximum absolute atomic E-state index is 12.4. The fraction of sp³-hybridized carbons (Fsp3) is 0.500. The van der Waals surface area contributed by atoms with E-state index in [1.165, 1.54) is 4.90 Å². The lowest BCUT2D eigenvalue weighted by molar-refractivity contribution is 0.0638. The summed E-state index contributed by atoms with van der Waals surface area (Å²) in [6.45, 7) is 1.94. The molecule has 2 heterocycles. The van der Waals surface area contributed by atoms with Crippen molar-refractivity contribution in [1.29, 1.82) is 0 Å². The Bertz CT molecular complexity index is 746. The topological polar surface area (TPSA) is 60.9 Å². The molecule has 0 N–H and O–H groups in total. The van der Waals surface area contributed by atoms with E-state index in [2.05, 4.69) is 17.1 Å². The monoisotopic (exact) mass is 363 g/mol. The SMILES string of the molecule is CN(C)C(=O)N1CCN(C/C=C/c2ccccc2)[C@H]2CS(=O)(=O)C[C@H]21. The molecule has 0 bridgehead atoms. The fourth-order valence-corrected chi connectivity index (χ4v) is 5.65. The zero-order chi connectivity index (χ0) is 18.0. The maximum atomic E-state index is 12.4. The van der Waals surface area contributed by atoms with Gasteiger partial charge in [-0.15, -0.1) is 0 Å². The van der Waals surface area contributed by atoms with E-state index in [0.29, 0.717) is 19.6 Å². The molecule has 0 aromatic heterocycles. The van der Waals surface area contributed by atoms with Crippen LogP contribution in [0.25, 0.3) is 6.08 Å². The molecule has 7 heteroatoms. The van der Waals surface area contributed by atoms with Gasteiger partial charge >= 0.3 is 6.03 Å². The number of hydrogen-bond donors (Lipinski definition) is 0. The van der Waals surface area contributed by atoms with E-state index in [4.69, 9.17) is 0 Å². The van der Waals surface area contributed by atoms with Crippen LogP contribution < -0.4 is 0 Å². The van der Waals surface area contributed by atoms with Crippen molar-refractivity contribution < 1.29 is 13.2 Å². The number of fused-ring (bicyclic) bond motifs is 1. The number of carbonyl (C=O) groups is 1. The Morgan fingerprint density at radius 2 is 1.84 bits per heavy atom. The molecule has 2 aliphatic heterocycles. The summed E-state index contributed by atoms with van der Waals surface area (Å²) in [5.74, 6) is 0.199. The number of carbonyl (C=O) groups excluding carboxylic acids is 1. The third-order valence-electron chi connectivity index (χ3n) is 4.87. The van der Waals surface area contributed by atoms with Gasteiger partial charge in [-0.25, -0.2) is 13.2 Å². The summed E-state index contributed by atoms with van der Waals surface area (Å²) in [4.78, 5) is 17.8. The van der Waals surface area contributed by atoms with E-state index < -0.39 is 9.84 Å². The van der Waals surface area contributed by atoms with Gasteiger partial charge in [-0.3, -0.25) is 4.90 Å². The molecule has 0 saturated carbocycles. The van der Waals surface area contributed by atoms with Crippen molar-refractivity contribution in [2.75, 3.05) is 45.2 Å². The van der Waals surface area contributed by atoms with E-state index in [9.17, 15) is 13.2 Å². The lowest BCUT2D eigenvalue weighted by Crippen LogP contribution is -2.62. The highest BCUT2D eigenvalue weighted by atomic mass is 32.2. The number of amides is 2. The summed E-state index contributed by atoms with van der Waals surface area (Å²) >= 11 is 0. The summed E-state index contributed by atoms with van der Waals surface area (Å²) < 4.78 is 24.4. The molecular formula is C18H25N3O3S. The molecule has 2 amide bonds. The molecule has 0 radical (unpaired) electrons. The van der Waals surface area contributed by atoms with Crippen molar-refractivity contribution in [1.82, 2.24) is 14.7 Å². The van der Waals surface area contributed by atoms with Gasteiger partial charge in [-0.05, 0) is 5.56 Å². The summed E-state index contributed by atoms with van der Waals surface area (Å²) in [5.41, 5.74) is 1.12. The van der Waals surface area contributed by atoms with Gasteiger partial charge in [-0.2, -0.15) is 0 Å². The molecule has 2 fully saturated rings. The number of piperazine rings is 1. The van der Waals surface area contributed by atoms with Crippen LogP contribution in [0.5, 0.6) is 0 Å². The lowest BCUT2D eigenvalue weighted by atomic mass is 10.0. The van der Waals surface area contributed by atoms with Crippen LogP contribution >= 0.6 is 0 Å². The Hall–Kier alpha value is -1.86. The minimum absolute atomic E-state index is 0.0656. The molecule has 25 heavy (non-hydrogen) atoms. The predicted octanol–water partition coefficient (Wildman–Crippen LogP) is 1.16. The van der Waals surface area contributed by atoms with Crippen LogP contribution in [0.15, 0.2) is 36.4 Å². The average molecular weight is 363 g/mol. The molecule has 1 aromatic rings. The second kappa shape index (κ2) is 7.17.